The van der Waals surface area contributed by atoms with Crippen LogP contribution in [0.5, 0.6) is 0 Å². The number of hydrogen-bond donors (Lipinski definition) is 2. The molecule has 0 saturated heterocycles. The van der Waals surface area contributed by atoms with Crippen molar-refractivity contribution < 1.29 is 14.3 Å². The molecule has 0 amide bonds. The van der Waals surface area contributed by atoms with Gasteiger partial charge in [0.1, 0.15) is 6.04 Å². The first-order valence-electron chi connectivity index (χ1n) is 9.32. The highest BCUT2D eigenvalue weighted by molar-refractivity contribution is 5.88. The van der Waals surface area contributed by atoms with Crippen LogP contribution in [0, 0.1) is 0 Å². The van der Waals surface area contributed by atoms with Crippen molar-refractivity contribution in [1.82, 2.24) is 0 Å². The van der Waals surface area contributed by atoms with Gasteiger partial charge in [-0.3, -0.25) is 4.79 Å². The van der Waals surface area contributed by atoms with Crippen molar-refractivity contribution in [2.45, 2.75) is 96.4 Å². The lowest BCUT2D eigenvalue weighted by molar-refractivity contribution is -0.160. The summed E-state index contributed by atoms with van der Waals surface area (Å²) >= 11 is 0. The van der Waals surface area contributed by atoms with Gasteiger partial charge in [0, 0.05) is 6.42 Å². The van der Waals surface area contributed by atoms with Gasteiger partial charge < -0.3 is 16.2 Å². The van der Waals surface area contributed by atoms with Gasteiger partial charge >= 0.3 is 11.9 Å². The Kier molecular flexibility index (Phi) is 15.3. The fourth-order valence-corrected chi connectivity index (χ4v) is 2.45. The molecule has 0 radical (unpaired) electrons. The average Bonchev–Trinajstić information content (AvgIpc) is 2.53. The average molecular weight is 328 g/mol. The van der Waals surface area contributed by atoms with E-state index in [2.05, 4.69) is 6.92 Å². The number of carbonyl (C=O) groups excluding carboxylic acids is 2. The molecule has 5 heteroatoms. The third-order valence-electron chi connectivity index (χ3n) is 3.97. The molecule has 0 aliphatic rings. The van der Waals surface area contributed by atoms with Crippen LogP contribution in [-0.4, -0.2) is 24.5 Å². The summed E-state index contributed by atoms with van der Waals surface area (Å²) in [5.41, 5.74) is 11.1. The van der Waals surface area contributed by atoms with Crippen LogP contribution in [-0.2, 0) is 14.3 Å². The van der Waals surface area contributed by atoms with Gasteiger partial charge in [-0.05, 0) is 25.8 Å². The number of rotatable bonds is 15. The van der Waals surface area contributed by atoms with E-state index in [1.54, 1.807) is 0 Å². The molecule has 0 aromatic heterocycles. The zero-order valence-electron chi connectivity index (χ0n) is 14.9. The van der Waals surface area contributed by atoms with E-state index in [1.165, 1.54) is 38.5 Å². The number of nitrogens with two attached hydrogens (primary N) is 2. The Hall–Kier alpha value is -0.940. The fourth-order valence-electron chi connectivity index (χ4n) is 2.45. The monoisotopic (exact) mass is 328 g/mol. The number of ether oxygens (including phenoxy) is 1. The molecule has 0 spiro atoms. The summed E-state index contributed by atoms with van der Waals surface area (Å²) in [4.78, 5) is 23.2. The second-order valence-electron chi connectivity index (χ2n) is 6.26. The Balaban J connectivity index is 3.50. The standard InChI is InChI=1S/C18H36N2O3/c1-2-3-4-5-6-7-8-9-10-14-17(21)23-18(22)16(20)13-11-12-15-19/h16H,2-15,19-20H2,1H3. The minimum atomic E-state index is -0.714. The molecule has 0 rings (SSSR count). The van der Waals surface area contributed by atoms with Gasteiger partial charge in [0.15, 0.2) is 0 Å². The molecule has 0 bridgehead atoms. The van der Waals surface area contributed by atoms with Gasteiger partial charge in [0.05, 0.1) is 0 Å². The third-order valence-corrected chi connectivity index (χ3v) is 3.97. The summed E-state index contributed by atoms with van der Waals surface area (Å²) in [6.45, 7) is 2.80. The van der Waals surface area contributed by atoms with Crippen LogP contribution < -0.4 is 11.5 Å². The van der Waals surface area contributed by atoms with Crippen LogP contribution in [0.1, 0.15) is 90.4 Å². The van der Waals surface area contributed by atoms with Gasteiger partial charge in [0.2, 0.25) is 0 Å². The predicted molar refractivity (Wildman–Crippen MR) is 93.8 cm³/mol. The molecule has 0 heterocycles. The lowest BCUT2D eigenvalue weighted by atomic mass is 10.1. The lowest BCUT2D eigenvalue weighted by Gasteiger charge is -2.09. The van der Waals surface area contributed by atoms with Crippen molar-refractivity contribution in [3.8, 4) is 0 Å². The van der Waals surface area contributed by atoms with E-state index >= 15 is 0 Å². The van der Waals surface area contributed by atoms with Crippen molar-refractivity contribution in [3.63, 3.8) is 0 Å². The van der Waals surface area contributed by atoms with Crippen LogP contribution in [0.4, 0.5) is 0 Å². The summed E-state index contributed by atoms with van der Waals surface area (Å²) < 4.78 is 4.78. The summed E-state index contributed by atoms with van der Waals surface area (Å²) in [5.74, 6) is -1.06. The van der Waals surface area contributed by atoms with E-state index in [0.717, 1.165) is 32.1 Å². The Morgan fingerprint density at radius 3 is 2.00 bits per heavy atom. The van der Waals surface area contributed by atoms with Crippen LogP contribution in [0.2, 0.25) is 0 Å². The van der Waals surface area contributed by atoms with Gasteiger partial charge in [-0.25, -0.2) is 4.79 Å². The number of carbonyl (C=O) groups is 2. The summed E-state index contributed by atoms with van der Waals surface area (Å²) in [7, 11) is 0. The molecule has 0 aromatic carbocycles. The molecule has 1 atom stereocenters. The van der Waals surface area contributed by atoms with E-state index in [9.17, 15) is 9.59 Å². The second kappa shape index (κ2) is 15.9. The van der Waals surface area contributed by atoms with Gasteiger partial charge in [-0.1, -0.05) is 64.7 Å². The molecule has 0 saturated carbocycles. The SMILES string of the molecule is CCCCCCCCCCCC(=O)OC(=O)C(N)CCCCN. The highest BCUT2D eigenvalue weighted by Crippen LogP contribution is 2.11. The Labute approximate surface area is 141 Å². The van der Waals surface area contributed by atoms with Crippen LogP contribution >= 0.6 is 0 Å². The molecule has 136 valence electrons. The minimum absolute atomic E-state index is 0.303. The first-order valence-corrected chi connectivity index (χ1v) is 9.32. The Morgan fingerprint density at radius 2 is 1.43 bits per heavy atom. The second-order valence-corrected chi connectivity index (χ2v) is 6.26. The number of esters is 2. The normalized spacial score (nSPS) is 12.1. The largest absolute Gasteiger partial charge is 0.392 e. The molecule has 0 aliphatic heterocycles. The number of unbranched alkanes of at least 4 members (excludes halogenated alkanes) is 9. The molecule has 23 heavy (non-hydrogen) atoms. The van der Waals surface area contributed by atoms with Gasteiger partial charge in [-0.15, -0.1) is 0 Å². The maximum Gasteiger partial charge on any atom is 0.330 e. The molecule has 4 N–H and O–H groups in total. The molecule has 0 aromatic rings. The van der Waals surface area contributed by atoms with Crippen molar-refractivity contribution in [2.24, 2.45) is 11.5 Å². The van der Waals surface area contributed by atoms with Crippen molar-refractivity contribution in [1.29, 1.82) is 0 Å². The van der Waals surface area contributed by atoms with Crippen molar-refractivity contribution >= 4 is 11.9 Å². The molecule has 1 unspecified atom stereocenters. The van der Waals surface area contributed by atoms with Crippen LogP contribution in [0.15, 0.2) is 0 Å². The van der Waals surface area contributed by atoms with Crippen LogP contribution in [0.3, 0.4) is 0 Å². The Bertz CT molecular complexity index is 309. The first-order chi connectivity index (χ1) is 11.1. The maximum atomic E-state index is 11.6. The highest BCUT2D eigenvalue weighted by atomic mass is 16.6. The molecular weight excluding hydrogens is 292 g/mol. The summed E-state index contributed by atoms with van der Waals surface area (Å²) in [6, 6.07) is -0.714. The summed E-state index contributed by atoms with van der Waals surface area (Å²) in [5, 5.41) is 0. The molecule has 0 aliphatic carbocycles. The van der Waals surface area contributed by atoms with E-state index < -0.39 is 18.0 Å². The van der Waals surface area contributed by atoms with Gasteiger partial charge in [-0.2, -0.15) is 0 Å². The first kappa shape index (κ1) is 22.1. The zero-order valence-corrected chi connectivity index (χ0v) is 14.9. The quantitative estimate of drug-likeness (QED) is 0.273. The molecular formula is C18H36N2O3. The lowest BCUT2D eigenvalue weighted by Crippen LogP contribution is -2.33. The third kappa shape index (κ3) is 14.4. The molecule has 0 fully saturated rings. The topological polar surface area (TPSA) is 95.4 Å². The van der Waals surface area contributed by atoms with Crippen LogP contribution in [0.25, 0.3) is 0 Å². The maximum absolute atomic E-state index is 11.6. The van der Waals surface area contributed by atoms with E-state index in [0.29, 0.717) is 19.4 Å². The van der Waals surface area contributed by atoms with Gasteiger partial charge in [0.25, 0.3) is 0 Å². The summed E-state index contributed by atoms with van der Waals surface area (Å²) in [6.07, 6.45) is 13.1. The van der Waals surface area contributed by atoms with Crippen molar-refractivity contribution in [3.05, 3.63) is 0 Å². The van der Waals surface area contributed by atoms with E-state index in [4.69, 9.17) is 16.2 Å². The predicted octanol–water partition coefficient (Wildman–Crippen LogP) is 3.43. The van der Waals surface area contributed by atoms with E-state index in [-0.39, 0.29) is 0 Å². The minimum Gasteiger partial charge on any atom is -0.392 e. The number of hydrogen-bond acceptors (Lipinski definition) is 5. The molecule has 5 nitrogen and oxygen atoms in total. The van der Waals surface area contributed by atoms with Crippen molar-refractivity contribution in [2.75, 3.05) is 6.54 Å². The fraction of sp³-hybridized carbons (Fsp3) is 0.889. The smallest absolute Gasteiger partial charge is 0.330 e. The Morgan fingerprint density at radius 1 is 0.870 bits per heavy atom. The zero-order chi connectivity index (χ0) is 17.3. The van der Waals surface area contributed by atoms with E-state index in [1.807, 2.05) is 0 Å². The highest BCUT2D eigenvalue weighted by Gasteiger charge is 2.18.